The van der Waals surface area contributed by atoms with Crippen molar-refractivity contribution in [1.82, 2.24) is 29.2 Å². The lowest BCUT2D eigenvalue weighted by Crippen LogP contribution is -2.57. The molecule has 0 amide bonds. The number of nitriles is 1. The molecule has 1 aromatic carbocycles. The van der Waals surface area contributed by atoms with Crippen LogP contribution in [0, 0.1) is 17.2 Å². The number of rotatable bonds is 4. The van der Waals surface area contributed by atoms with E-state index in [9.17, 15) is 10.1 Å². The lowest BCUT2D eigenvalue weighted by atomic mass is 10.00. The van der Waals surface area contributed by atoms with E-state index in [0.717, 1.165) is 47.3 Å². The molecule has 1 saturated heterocycles. The van der Waals surface area contributed by atoms with E-state index >= 15 is 0 Å². The van der Waals surface area contributed by atoms with Gasteiger partial charge in [-0.3, -0.25) is 24.3 Å². The third-order valence-corrected chi connectivity index (χ3v) is 7.99. The molecule has 184 valence electrons. The lowest BCUT2D eigenvalue weighted by Gasteiger charge is -2.47. The smallest absolute Gasteiger partial charge is 0.252 e. The minimum Gasteiger partial charge on any atom is -0.364 e. The zero-order valence-electron chi connectivity index (χ0n) is 21.0. The minimum absolute atomic E-state index is 0.00450. The van der Waals surface area contributed by atoms with E-state index in [1.54, 1.807) is 30.1 Å². The SMILES string of the molecule is CC(c1ccc2nccnc2c1)N1C[C@H](C)N(c2cc(=O)n(C)c3cn(C4CC4C#N)nc23)C[C@H]1C. The minimum atomic E-state index is -0.0439. The molecule has 3 aromatic heterocycles. The summed E-state index contributed by atoms with van der Waals surface area (Å²) in [6, 6.07) is 11.2. The molecule has 0 spiro atoms. The molecule has 5 atom stereocenters. The third-order valence-electron chi connectivity index (χ3n) is 7.99. The molecular formula is C27H30N8O. The van der Waals surface area contributed by atoms with Gasteiger partial charge in [0.2, 0.25) is 0 Å². The van der Waals surface area contributed by atoms with E-state index < -0.39 is 0 Å². The Morgan fingerprint density at radius 2 is 1.86 bits per heavy atom. The van der Waals surface area contributed by atoms with Crippen molar-refractivity contribution in [3.8, 4) is 6.07 Å². The van der Waals surface area contributed by atoms with Crippen LogP contribution in [0.1, 0.15) is 44.8 Å². The average molecular weight is 483 g/mol. The second-order valence-electron chi connectivity index (χ2n) is 10.3. The molecule has 0 N–H and O–H groups in total. The Kier molecular flexibility index (Phi) is 5.30. The summed E-state index contributed by atoms with van der Waals surface area (Å²) in [7, 11) is 1.79. The Labute approximate surface area is 209 Å². The summed E-state index contributed by atoms with van der Waals surface area (Å²) >= 11 is 0. The molecule has 0 bridgehead atoms. The van der Waals surface area contributed by atoms with Gasteiger partial charge in [-0.2, -0.15) is 10.4 Å². The van der Waals surface area contributed by atoms with Crippen LogP contribution in [0.25, 0.3) is 22.1 Å². The van der Waals surface area contributed by atoms with Crippen LogP contribution in [0.3, 0.4) is 0 Å². The van der Waals surface area contributed by atoms with E-state index in [1.807, 2.05) is 16.9 Å². The van der Waals surface area contributed by atoms with Crippen molar-refractivity contribution in [2.45, 2.75) is 51.4 Å². The maximum atomic E-state index is 12.9. The predicted molar refractivity (Wildman–Crippen MR) is 139 cm³/mol. The summed E-state index contributed by atoms with van der Waals surface area (Å²) in [5.74, 6) is 0.00450. The molecule has 2 fully saturated rings. The fourth-order valence-corrected chi connectivity index (χ4v) is 5.67. The molecular weight excluding hydrogens is 452 g/mol. The summed E-state index contributed by atoms with van der Waals surface area (Å²) in [6.07, 6.45) is 6.20. The van der Waals surface area contributed by atoms with Crippen LogP contribution in [0.5, 0.6) is 0 Å². The topological polar surface area (TPSA) is 95.9 Å². The number of hydrogen-bond donors (Lipinski definition) is 0. The van der Waals surface area contributed by atoms with Gasteiger partial charge in [-0.15, -0.1) is 0 Å². The number of aryl methyl sites for hydroxylation is 1. The first kappa shape index (κ1) is 22.7. The van der Waals surface area contributed by atoms with Crippen LogP contribution >= 0.6 is 0 Å². The number of piperazine rings is 1. The zero-order valence-corrected chi connectivity index (χ0v) is 21.0. The predicted octanol–water partition coefficient (Wildman–Crippen LogP) is 3.42. The van der Waals surface area contributed by atoms with Crippen molar-refractivity contribution in [2.75, 3.05) is 18.0 Å². The molecule has 4 heterocycles. The van der Waals surface area contributed by atoms with Gasteiger partial charge in [0.05, 0.1) is 40.3 Å². The highest BCUT2D eigenvalue weighted by Gasteiger charge is 2.40. The Balaban J connectivity index is 1.30. The molecule has 9 nitrogen and oxygen atoms in total. The Morgan fingerprint density at radius 3 is 2.61 bits per heavy atom. The normalized spacial score (nSPS) is 25.2. The zero-order chi connectivity index (χ0) is 25.1. The van der Waals surface area contributed by atoms with Crippen LogP contribution in [-0.2, 0) is 7.05 Å². The van der Waals surface area contributed by atoms with Crippen LogP contribution < -0.4 is 10.5 Å². The van der Waals surface area contributed by atoms with Crippen molar-refractivity contribution in [3.05, 3.63) is 58.8 Å². The molecule has 0 radical (unpaired) electrons. The Bertz CT molecular complexity index is 1570. The largest absolute Gasteiger partial charge is 0.364 e. The maximum Gasteiger partial charge on any atom is 0.252 e. The number of pyridine rings is 1. The van der Waals surface area contributed by atoms with E-state index in [-0.39, 0.29) is 35.6 Å². The molecule has 36 heavy (non-hydrogen) atoms. The molecule has 2 aliphatic rings. The molecule has 9 heteroatoms. The number of benzene rings is 1. The third kappa shape index (κ3) is 3.64. The van der Waals surface area contributed by atoms with Gasteiger partial charge in [0.25, 0.3) is 5.56 Å². The summed E-state index contributed by atoms with van der Waals surface area (Å²) in [6.45, 7) is 8.35. The van der Waals surface area contributed by atoms with Crippen LogP contribution in [0.15, 0.2) is 47.7 Å². The van der Waals surface area contributed by atoms with E-state index in [0.29, 0.717) is 0 Å². The molecule has 4 aromatic rings. The molecule has 1 saturated carbocycles. The van der Waals surface area contributed by atoms with Gasteiger partial charge in [0, 0.05) is 62.9 Å². The first-order chi connectivity index (χ1) is 17.4. The van der Waals surface area contributed by atoms with Crippen molar-refractivity contribution in [3.63, 3.8) is 0 Å². The monoisotopic (exact) mass is 482 g/mol. The highest BCUT2D eigenvalue weighted by molar-refractivity contribution is 5.88. The molecule has 1 aliphatic heterocycles. The quantitative estimate of drug-likeness (QED) is 0.440. The van der Waals surface area contributed by atoms with Gasteiger partial charge in [-0.25, -0.2) is 0 Å². The first-order valence-corrected chi connectivity index (χ1v) is 12.6. The average Bonchev–Trinajstić information content (AvgIpc) is 3.55. The van der Waals surface area contributed by atoms with Gasteiger partial charge >= 0.3 is 0 Å². The lowest BCUT2D eigenvalue weighted by molar-refractivity contribution is 0.119. The first-order valence-electron chi connectivity index (χ1n) is 12.6. The van der Waals surface area contributed by atoms with Crippen LogP contribution in [-0.4, -0.2) is 54.4 Å². The van der Waals surface area contributed by atoms with E-state index in [1.165, 1.54) is 5.56 Å². The summed E-state index contributed by atoms with van der Waals surface area (Å²) in [5, 5.41) is 14.1. The van der Waals surface area contributed by atoms with Crippen molar-refractivity contribution in [1.29, 1.82) is 5.26 Å². The number of anilines is 1. The van der Waals surface area contributed by atoms with Gasteiger partial charge in [-0.1, -0.05) is 6.07 Å². The number of aromatic nitrogens is 5. The van der Waals surface area contributed by atoms with Gasteiger partial charge < -0.3 is 9.47 Å². The second-order valence-corrected chi connectivity index (χ2v) is 10.3. The fourth-order valence-electron chi connectivity index (χ4n) is 5.67. The number of hydrogen-bond acceptors (Lipinski definition) is 7. The Morgan fingerprint density at radius 1 is 1.08 bits per heavy atom. The fraction of sp³-hybridized carbons (Fsp3) is 0.444. The summed E-state index contributed by atoms with van der Waals surface area (Å²) < 4.78 is 3.54. The highest BCUT2D eigenvalue weighted by atomic mass is 16.1. The Hall–Kier alpha value is -3.77. The van der Waals surface area contributed by atoms with E-state index in [4.69, 9.17) is 5.10 Å². The van der Waals surface area contributed by atoms with Crippen molar-refractivity contribution >= 4 is 27.8 Å². The van der Waals surface area contributed by atoms with Crippen molar-refractivity contribution < 1.29 is 0 Å². The van der Waals surface area contributed by atoms with Gasteiger partial charge in [-0.05, 0) is 44.9 Å². The summed E-state index contributed by atoms with van der Waals surface area (Å²) in [5.41, 5.74) is 5.52. The van der Waals surface area contributed by atoms with Gasteiger partial charge in [0.15, 0.2) is 0 Å². The highest BCUT2D eigenvalue weighted by Crippen LogP contribution is 2.43. The van der Waals surface area contributed by atoms with Gasteiger partial charge in [0.1, 0.15) is 5.52 Å². The molecule has 1 aliphatic carbocycles. The standard InChI is InChI=1S/C27H30N8O/c1-16-14-34(17(2)13-33(16)18(3)19-5-6-21-22(9-19)30-8-7-29-21)24-11-26(36)32(4)25-15-35(31-27(24)25)23-10-20(23)12-28/h5-9,11,15-18,20,23H,10,13-14H2,1-4H3/t16-,17+,18?,20?,23?/m1/s1. The maximum absolute atomic E-state index is 12.9. The second kappa shape index (κ2) is 8.42. The summed E-state index contributed by atoms with van der Waals surface area (Å²) in [4.78, 5) is 26.6. The van der Waals surface area contributed by atoms with Crippen molar-refractivity contribution in [2.24, 2.45) is 13.0 Å². The van der Waals surface area contributed by atoms with Crippen LogP contribution in [0.2, 0.25) is 0 Å². The number of fused-ring (bicyclic) bond motifs is 2. The molecule has 6 rings (SSSR count). The van der Waals surface area contributed by atoms with E-state index in [2.05, 4.69) is 58.7 Å². The van der Waals surface area contributed by atoms with Crippen LogP contribution in [0.4, 0.5) is 5.69 Å². The molecule has 3 unspecified atom stereocenters. The number of nitrogens with zero attached hydrogens (tertiary/aromatic N) is 8.